The summed E-state index contributed by atoms with van der Waals surface area (Å²) in [5, 5.41) is 11.1. The van der Waals surface area contributed by atoms with Gasteiger partial charge in [-0.3, -0.25) is 9.48 Å². The molecule has 19 heavy (non-hydrogen) atoms. The van der Waals surface area contributed by atoms with E-state index in [1.54, 1.807) is 0 Å². The lowest BCUT2D eigenvalue weighted by atomic mass is 9.75. The number of carbonyl (C=O) groups is 1. The van der Waals surface area contributed by atoms with Crippen molar-refractivity contribution in [2.45, 2.75) is 51.5 Å². The van der Waals surface area contributed by atoms with Crippen molar-refractivity contribution in [2.75, 3.05) is 10.6 Å². The van der Waals surface area contributed by atoms with Crippen LogP contribution in [0, 0.1) is 5.92 Å². The van der Waals surface area contributed by atoms with Crippen LogP contribution in [0.1, 0.15) is 45.2 Å². The average Bonchev–Trinajstić information content (AvgIpc) is 2.67. The fourth-order valence-electron chi connectivity index (χ4n) is 3.49. The minimum atomic E-state index is -0.427. The summed E-state index contributed by atoms with van der Waals surface area (Å²) in [6.07, 6.45) is 4.97. The maximum absolute atomic E-state index is 12.5. The minimum Gasteiger partial charge on any atom is -0.354 e. The van der Waals surface area contributed by atoms with Crippen molar-refractivity contribution < 1.29 is 4.79 Å². The molecule has 5 heteroatoms. The molecule has 5 nitrogen and oxygen atoms in total. The topological polar surface area (TPSA) is 59.0 Å². The molecule has 1 spiro atoms. The van der Waals surface area contributed by atoms with E-state index in [9.17, 15) is 4.79 Å². The number of amides is 1. The van der Waals surface area contributed by atoms with Gasteiger partial charge in [0.25, 0.3) is 0 Å². The van der Waals surface area contributed by atoms with Crippen LogP contribution in [0.25, 0.3) is 0 Å². The average molecular weight is 262 g/mol. The van der Waals surface area contributed by atoms with Crippen LogP contribution >= 0.6 is 0 Å². The van der Waals surface area contributed by atoms with Crippen LogP contribution in [-0.2, 0) is 18.3 Å². The second-order valence-electron chi connectivity index (χ2n) is 6.01. The Morgan fingerprint density at radius 3 is 3.00 bits per heavy atom. The number of nitrogens with zero attached hydrogens (tertiary/aromatic N) is 2. The first-order valence-corrected chi connectivity index (χ1v) is 7.21. The third-order valence-corrected chi connectivity index (χ3v) is 4.48. The Morgan fingerprint density at radius 1 is 1.53 bits per heavy atom. The van der Waals surface area contributed by atoms with Gasteiger partial charge in [0.05, 0.1) is 5.69 Å². The van der Waals surface area contributed by atoms with E-state index in [1.807, 2.05) is 11.7 Å². The van der Waals surface area contributed by atoms with Crippen molar-refractivity contribution in [3.05, 3.63) is 5.69 Å². The van der Waals surface area contributed by atoms with E-state index in [1.165, 1.54) is 6.42 Å². The first kappa shape index (κ1) is 12.5. The molecule has 1 aromatic heterocycles. The second-order valence-corrected chi connectivity index (χ2v) is 6.01. The molecule has 2 atom stereocenters. The fourth-order valence-corrected chi connectivity index (χ4v) is 3.49. The van der Waals surface area contributed by atoms with Crippen molar-refractivity contribution in [1.29, 1.82) is 0 Å². The molecule has 2 aliphatic rings. The normalized spacial score (nSPS) is 29.8. The molecule has 0 saturated heterocycles. The number of carbonyl (C=O) groups excluding carboxylic acids is 1. The molecule has 1 aliphatic heterocycles. The van der Waals surface area contributed by atoms with Gasteiger partial charge in [-0.25, -0.2) is 0 Å². The summed E-state index contributed by atoms with van der Waals surface area (Å²) < 4.78 is 1.86. The van der Waals surface area contributed by atoms with E-state index < -0.39 is 5.54 Å². The van der Waals surface area contributed by atoms with Crippen LogP contribution in [0.15, 0.2) is 0 Å². The van der Waals surface area contributed by atoms with Gasteiger partial charge in [0.1, 0.15) is 17.0 Å². The second kappa shape index (κ2) is 4.25. The number of fused-ring (bicyclic) bond motifs is 1. The Bertz CT molecular complexity index is 522. The molecule has 1 aromatic rings. The highest BCUT2D eigenvalue weighted by atomic mass is 16.2. The maximum Gasteiger partial charge on any atom is 0.250 e. The first-order valence-electron chi connectivity index (χ1n) is 7.21. The van der Waals surface area contributed by atoms with Crippen LogP contribution in [0.3, 0.4) is 0 Å². The number of hydrogen-bond acceptors (Lipinski definition) is 3. The van der Waals surface area contributed by atoms with Gasteiger partial charge in [0, 0.05) is 7.05 Å². The van der Waals surface area contributed by atoms with Crippen LogP contribution in [0.5, 0.6) is 0 Å². The lowest BCUT2D eigenvalue weighted by molar-refractivity contribution is -0.122. The van der Waals surface area contributed by atoms with Gasteiger partial charge in [0.15, 0.2) is 0 Å². The van der Waals surface area contributed by atoms with Crippen LogP contribution in [0.4, 0.5) is 11.5 Å². The summed E-state index contributed by atoms with van der Waals surface area (Å²) in [5.74, 6) is 1.67. The van der Waals surface area contributed by atoms with Crippen LogP contribution < -0.4 is 10.6 Å². The largest absolute Gasteiger partial charge is 0.354 e. The summed E-state index contributed by atoms with van der Waals surface area (Å²) in [5.41, 5.74) is 1.40. The van der Waals surface area contributed by atoms with Gasteiger partial charge in [-0.1, -0.05) is 26.7 Å². The standard InChI is InChI=1S/C14H22N4O/c1-4-10-11-12(18(3)17-10)16-14(13(19)15-11)7-5-6-9(2)8-14/h9,16H,4-8H2,1-3H3,(H,15,19). The van der Waals surface area contributed by atoms with Crippen molar-refractivity contribution >= 4 is 17.4 Å². The quantitative estimate of drug-likeness (QED) is 0.816. The molecule has 2 heterocycles. The molecule has 3 rings (SSSR count). The zero-order valence-electron chi connectivity index (χ0n) is 11.9. The van der Waals surface area contributed by atoms with Crippen LogP contribution in [0.2, 0.25) is 0 Å². The summed E-state index contributed by atoms with van der Waals surface area (Å²) >= 11 is 0. The number of nitrogens with one attached hydrogen (secondary N) is 2. The minimum absolute atomic E-state index is 0.120. The SMILES string of the molecule is CCc1nn(C)c2c1NC(=O)C1(CCCC(C)C1)N2. The molecule has 0 radical (unpaired) electrons. The van der Waals surface area contributed by atoms with E-state index in [2.05, 4.69) is 29.6 Å². The molecule has 1 saturated carbocycles. The van der Waals surface area contributed by atoms with Gasteiger partial charge in [0.2, 0.25) is 5.91 Å². The fraction of sp³-hybridized carbons (Fsp3) is 0.714. The van der Waals surface area contributed by atoms with Crippen molar-refractivity contribution in [2.24, 2.45) is 13.0 Å². The third kappa shape index (κ3) is 1.83. The number of aromatic nitrogens is 2. The Balaban J connectivity index is 1.99. The van der Waals surface area contributed by atoms with E-state index in [0.717, 1.165) is 42.9 Å². The molecule has 1 fully saturated rings. The summed E-state index contributed by atoms with van der Waals surface area (Å²) in [6.45, 7) is 4.29. The molecular formula is C14H22N4O. The lowest BCUT2D eigenvalue weighted by Crippen LogP contribution is -2.55. The first-order chi connectivity index (χ1) is 9.05. The van der Waals surface area contributed by atoms with E-state index in [-0.39, 0.29) is 5.91 Å². The molecule has 0 bridgehead atoms. The zero-order chi connectivity index (χ0) is 13.6. The summed E-state index contributed by atoms with van der Waals surface area (Å²) in [4.78, 5) is 12.5. The van der Waals surface area contributed by atoms with E-state index in [0.29, 0.717) is 5.92 Å². The van der Waals surface area contributed by atoms with Gasteiger partial charge in [-0.2, -0.15) is 5.10 Å². The summed E-state index contributed by atoms with van der Waals surface area (Å²) in [7, 11) is 1.93. The highest BCUT2D eigenvalue weighted by molar-refractivity contribution is 6.06. The van der Waals surface area contributed by atoms with E-state index >= 15 is 0 Å². The third-order valence-electron chi connectivity index (χ3n) is 4.48. The number of hydrogen-bond donors (Lipinski definition) is 2. The predicted molar refractivity (Wildman–Crippen MR) is 75.2 cm³/mol. The van der Waals surface area contributed by atoms with E-state index in [4.69, 9.17) is 0 Å². The maximum atomic E-state index is 12.5. The number of aryl methyl sites for hydroxylation is 2. The Morgan fingerprint density at radius 2 is 2.32 bits per heavy atom. The molecule has 2 N–H and O–H groups in total. The number of anilines is 2. The summed E-state index contributed by atoms with van der Waals surface area (Å²) in [6, 6.07) is 0. The predicted octanol–water partition coefficient (Wildman–Crippen LogP) is 2.30. The monoisotopic (exact) mass is 262 g/mol. The van der Waals surface area contributed by atoms with Gasteiger partial charge < -0.3 is 10.6 Å². The Hall–Kier alpha value is -1.52. The molecule has 0 aromatic carbocycles. The Labute approximate surface area is 113 Å². The van der Waals surface area contributed by atoms with Gasteiger partial charge in [-0.05, 0) is 25.2 Å². The van der Waals surface area contributed by atoms with Crippen molar-refractivity contribution in [3.8, 4) is 0 Å². The lowest BCUT2D eigenvalue weighted by Gasteiger charge is -2.42. The molecule has 1 amide bonds. The molecular weight excluding hydrogens is 240 g/mol. The van der Waals surface area contributed by atoms with Gasteiger partial charge in [-0.15, -0.1) is 0 Å². The van der Waals surface area contributed by atoms with Crippen molar-refractivity contribution in [1.82, 2.24) is 9.78 Å². The number of rotatable bonds is 1. The van der Waals surface area contributed by atoms with Crippen molar-refractivity contribution in [3.63, 3.8) is 0 Å². The highest BCUT2D eigenvalue weighted by Crippen LogP contribution is 2.41. The molecule has 104 valence electrons. The smallest absolute Gasteiger partial charge is 0.250 e. The Kier molecular flexibility index (Phi) is 2.80. The van der Waals surface area contributed by atoms with Gasteiger partial charge >= 0.3 is 0 Å². The molecule has 1 aliphatic carbocycles. The zero-order valence-corrected chi connectivity index (χ0v) is 11.9. The highest BCUT2D eigenvalue weighted by Gasteiger charge is 2.46. The van der Waals surface area contributed by atoms with Crippen LogP contribution in [-0.4, -0.2) is 21.2 Å². The molecule has 2 unspecified atom stereocenters.